The van der Waals surface area contributed by atoms with Crippen LogP contribution in [0.2, 0.25) is 0 Å². The molecule has 4 aliphatic rings. The monoisotopic (exact) mass is 326 g/mol. The topological polar surface area (TPSA) is 43.4 Å². The lowest BCUT2D eigenvalue weighted by atomic mass is 9.50. The molecule has 0 spiro atoms. The van der Waals surface area contributed by atoms with Crippen LogP contribution in [0.1, 0.15) is 46.5 Å². The first-order chi connectivity index (χ1) is 11.3. The molecule has 0 saturated heterocycles. The van der Waals surface area contributed by atoms with Gasteiger partial charge in [0.05, 0.1) is 0 Å². The fourth-order valence-electron chi connectivity index (χ4n) is 6.00. The van der Waals surface area contributed by atoms with Crippen LogP contribution in [-0.2, 0) is 14.3 Å². The summed E-state index contributed by atoms with van der Waals surface area (Å²) in [6, 6.07) is 0. The average molecular weight is 326 g/mol. The van der Waals surface area contributed by atoms with E-state index < -0.39 is 0 Å². The summed E-state index contributed by atoms with van der Waals surface area (Å²) in [5, 5.41) is 0. The van der Waals surface area contributed by atoms with Crippen LogP contribution < -0.4 is 0 Å². The van der Waals surface area contributed by atoms with Gasteiger partial charge < -0.3 is 4.74 Å². The van der Waals surface area contributed by atoms with E-state index in [-0.39, 0.29) is 28.7 Å². The van der Waals surface area contributed by atoms with Gasteiger partial charge in [0.25, 0.3) is 0 Å². The van der Waals surface area contributed by atoms with Crippen LogP contribution in [0.15, 0.2) is 36.0 Å². The Morgan fingerprint density at radius 1 is 1.17 bits per heavy atom. The van der Waals surface area contributed by atoms with Crippen LogP contribution in [0.5, 0.6) is 0 Å². The summed E-state index contributed by atoms with van der Waals surface area (Å²) < 4.78 is 5.68. The van der Waals surface area contributed by atoms with Crippen LogP contribution in [-0.4, -0.2) is 17.9 Å². The number of rotatable bonds is 1. The molecule has 2 saturated carbocycles. The smallest absolute Gasteiger partial charge is 0.302 e. The van der Waals surface area contributed by atoms with Gasteiger partial charge >= 0.3 is 5.97 Å². The molecule has 0 aromatic rings. The van der Waals surface area contributed by atoms with E-state index in [1.54, 1.807) is 12.2 Å². The highest BCUT2D eigenvalue weighted by Crippen LogP contribution is 2.63. The molecule has 0 heterocycles. The molecule has 4 rings (SSSR count). The van der Waals surface area contributed by atoms with Crippen molar-refractivity contribution in [2.45, 2.75) is 52.6 Å². The van der Waals surface area contributed by atoms with Crippen molar-refractivity contribution in [3.63, 3.8) is 0 Å². The van der Waals surface area contributed by atoms with Crippen LogP contribution in [0.4, 0.5) is 0 Å². The van der Waals surface area contributed by atoms with E-state index in [9.17, 15) is 9.59 Å². The number of carbonyl (C=O) groups is 2. The third kappa shape index (κ3) is 2.09. The molecule has 0 aromatic heterocycles. The lowest BCUT2D eigenvalue weighted by Crippen LogP contribution is -2.49. The minimum absolute atomic E-state index is 0.0336. The molecule has 24 heavy (non-hydrogen) atoms. The second-order valence-corrected chi connectivity index (χ2v) is 8.49. The number of allylic oxidation sites excluding steroid dienone is 6. The summed E-state index contributed by atoms with van der Waals surface area (Å²) in [6.07, 6.45) is 14.6. The van der Waals surface area contributed by atoms with Crippen LogP contribution in [0.25, 0.3) is 0 Å². The first kappa shape index (κ1) is 15.9. The zero-order valence-corrected chi connectivity index (χ0v) is 14.7. The van der Waals surface area contributed by atoms with E-state index in [4.69, 9.17) is 4.74 Å². The highest BCUT2D eigenvalue weighted by Gasteiger charge is 2.58. The number of ether oxygens (including phenoxy) is 1. The number of hydrogen-bond acceptors (Lipinski definition) is 3. The van der Waals surface area contributed by atoms with Crippen molar-refractivity contribution in [1.29, 1.82) is 0 Å². The Balaban J connectivity index is 1.68. The number of esters is 1. The Morgan fingerprint density at radius 3 is 2.71 bits per heavy atom. The van der Waals surface area contributed by atoms with Gasteiger partial charge in [-0.05, 0) is 61.2 Å². The van der Waals surface area contributed by atoms with Crippen molar-refractivity contribution in [3.05, 3.63) is 36.0 Å². The van der Waals surface area contributed by atoms with Gasteiger partial charge in [0.15, 0.2) is 5.78 Å². The predicted molar refractivity (Wildman–Crippen MR) is 92.1 cm³/mol. The summed E-state index contributed by atoms with van der Waals surface area (Å²) >= 11 is 0. The maximum Gasteiger partial charge on any atom is 0.302 e. The molecule has 0 unspecified atom stereocenters. The molecule has 3 nitrogen and oxygen atoms in total. The Kier molecular flexibility index (Phi) is 3.42. The Labute approximate surface area is 143 Å². The van der Waals surface area contributed by atoms with Gasteiger partial charge in [0.1, 0.15) is 6.10 Å². The van der Waals surface area contributed by atoms with Crippen molar-refractivity contribution >= 4 is 11.8 Å². The fraction of sp³-hybridized carbons (Fsp3) is 0.619. The molecular formula is C21H26O3. The predicted octanol–water partition coefficient (Wildman–Crippen LogP) is 4.00. The lowest BCUT2D eigenvalue weighted by Gasteiger charge is -2.54. The van der Waals surface area contributed by atoms with Crippen LogP contribution in [0.3, 0.4) is 0 Å². The standard InChI is InChI=1S/C21H26O3/c1-13(22)24-19-7-6-17-16-5-4-14-12-15(23)8-10-20(14,2)18(16)9-11-21(17,19)3/h4-5,8,10,12,16-19H,6-7,9,11H2,1-3H3/t16-,17-,18-,19+,20-,21-/m0/s1. The van der Waals surface area contributed by atoms with Crippen LogP contribution >= 0.6 is 0 Å². The number of carbonyl (C=O) groups excluding carboxylic acids is 2. The van der Waals surface area contributed by atoms with E-state index in [1.165, 1.54) is 6.92 Å². The highest BCUT2D eigenvalue weighted by atomic mass is 16.5. The number of hydrogen-bond donors (Lipinski definition) is 0. The normalized spacial score (nSPS) is 46.0. The molecule has 4 aliphatic carbocycles. The first-order valence-corrected chi connectivity index (χ1v) is 9.15. The molecular weight excluding hydrogens is 300 g/mol. The van der Waals surface area contributed by atoms with E-state index in [2.05, 4.69) is 32.1 Å². The Hall–Kier alpha value is -1.64. The molecule has 3 heteroatoms. The Bertz CT molecular complexity index is 685. The average Bonchev–Trinajstić information content (AvgIpc) is 2.84. The van der Waals surface area contributed by atoms with Gasteiger partial charge in [0, 0.05) is 17.8 Å². The van der Waals surface area contributed by atoms with Gasteiger partial charge in [-0.2, -0.15) is 0 Å². The second kappa shape index (κ2) is 5.18. The van der Waals surface area contributed by atoms with Crippen molar-refractivity contribution in [2.75, 3.05) is 0 Å². The maximum absolute atomic E-state index is 11.8. The maximum atomic E-state index is 11.8. The molecule has 0 aliphatic heterocycles. The summed E-state index contributed by atoms with van der Waals surface area (Å²) in [5.41, 5.74) is 1.21. The molecule has 0 radical (unpaired) electrons. The summed E-state index contributed by atoms with van der Waals surface area (Å²) in [6.45, 7) is 6.12. The molecule has 0 bridgehead atoms. The lowest BCUT2D eigenvalue weighted by molar-refractivity contribution is -0.155. The highest BCUT2D eigenvalue weighted by molar-refractivity contribution is 6.01. The minimum Gasteiger partial charge on any atom is -0.462 e. The zero-order valence-electron chi connectivity index (χ0n) is 14.7. The van der Waals surface area contributed by atoms with Gasteiger partial charge in [-0.1, -0.05) is 32.1 Å². The minimum atomic E-state index is -0.158. The largest absolute Gasteiger partial charge is 0.462 e. The van der Waals surface area contributed by atoms with E-state index in [0.29, 0.717) is 17.8 Å². The van der Waals surface area contributed by atoms with Gasteiger partial charge in [-0.25, -0.2) is 0 Å². The fourth-order valence-corrected chi connectivity index (χ4v) is 6.00. The SMILES string of the molecule is CC(=O)O[C@@H]1CC[C@H]2[C@@H]3C=CC4=CC(=O)C=C[C@]4(C)[C@H]3CC[C@]12C. The molecule has 0 N–H and O–H groups in total. The van der Waals surface area contributed by atoms with Crippen molar-refractivity contribution in [1.82, 2.24) is 0 Å². The molecule has 128 valence electrons. The van der Waals surface area contributed by atoms with E-state index >= 15 is 0 Å². The van der Waals surface area contributed by atoms with E-state index in [1.807, 2.05) is 0 Å². The quantitative estimate of drug-likeness (QED) is 0.684. The van der Waals surface area contributed by atoms with Gasteiger partial charge in [-0.15, -0.1) is 0 Å². The van der Waals surface area contributed by atoms with E-state index in [0.717, 1.165) is 31.3 Å². The van der Waals surface area contributed by atoms with Crippen molar-refractivity contribution in [2.24, 2.45) is 28.6 Å². The Morgan fingerprint density at radius 2 is 1.96 bits per heavy atom. The summed E-state index contributed by atoms with van der Waals surface area (Å²) in [7, 11) is 0. The van der Waals surface area contributed by atoms with Crippen molar-refractivity contribution in [3.8, 4) is 0 Å². The van der Waals surface area contributed by atoms with Gasteiger partial charge in [-0.3, -0.25) is 9.59 Å². The first-order valence-electron chi connectivity index (χ1n) is 9.15. The third-order valence-corrected chi connectivity index (χ3v) is 7.34. The third-order valence-electron chi connectivity index (χ3n) is 7.34. The molecule has 0 aromatic carbocycles. The number of fused-ring (bicyclic) bond motifs is 5. The van der Waals surface area contributed by atoms with Crippen molar-refractivity contribution < 1.29 is 14.3 Å². The zero-order chi connectivity index (χ0) is 17.1. The summed E-state index contributed by atoms with van der Waals surface area (Å²) in [4.78, 5) is 23.2. The van der Waals surface area contributed by atoms with Gasteiger partial charge in [0.2, 0.25) is 0 Å². The second-order valence-electron chi connectivity index (χ2n) is 8.49. The molecule has 0 amide bonds. The van der Waals surface area contributed by atoms with Crippen LogP contribution in [0, 0.1) is 28.6 Å². The number of ketones is 1. The summed E-state index contributed by atoms with van der Waals surface area (Å²) in [5.74, 6) is 1.54. The molecule has 2 fully saturated rings. The molecule has 6 atom stereocenters.